The largest absolute Gasteiger partial charge is 0.617 e. The van der Waals surface area contributed by atoms with E-state index >= 15 is 0 Å². The molecule has 2 amide bonds. The van der Waals surface area contributed by atoms with Gasteiger partial charge in [0, 0.05) is 48.9 Å². The van der Waals surface area contributed by atoms with Gasteiger partial charge in [0.25, 0.3) is 0 Å². The fourth-order valence-corrected chi connectivity index (χ4v) is 9.19. The maximum Gasteiger partial charge on any atom is 0.410 e. The molecule has 0 bridgehead atoms. The zero-order valence-electron chi connectivity index (χ0n) is 29.8. The SMILES string of the molecule is COc1ccc([C@H]2CC[C@H](CN(c3cccc(-c4cnn(C5CC5)c4)c3)C(=O)[C@H]3CC[C@H](OC(=O)N4CC(C[S+](C)[O-])C4)CC3)CC2)cc1C. The zero-order chi connectivity index (χ0) is 34.8. The third-order valence-electron chi connectivity index (χ3n) is 11.4. The molecule has 2 aromatic carbocycles. The number of ether oxygens (including phenoxy) is 2. The van der Waals surface area contributed by atoms with Crippen LogP contribution in [0.3, 0.4) is 0 Å². The first-order valence-electron chi connectivity index (χ1n) is 18.6. The molecule has 1 unspecified atom stereocenters. The summed E-state index contributed by atoms with van der Waals surface area (Å²) in [6.45, 7) is 4.05. The van der Waals surface area contributed by atoms with E-state index in [0.717, 1.165) is 48.2 Å². The second-order valence-corrected chi connectivity index (χ2v) is 16.7. The summed E-state index contributed by atoms with van der Waals surface area (Å²) in [7, 11) is 1.72. The fourth-order valence-electron chi connectivity index (χ4n) is 8.32. The first-order valence-corrected chi connectivity index (χ1v) is 20.3. The number of methoxy groups -OCH3 is 1. The molecule has 1 aliphatic heterocycles. The van der Waals surface area contributed by atoms with Gasteiger partial charge in [-0.25, -0.2) is 4.79 Å². The van der Waals surface area contributed by atoms with Crippen molar-refractivity contribution in [2.45, 2.75) is 89.2 Å². The first kappa shape index (κ1) is 34.9. The lowest BCUT2D eigenvalue weighted by atomic mass is 9.78. The lowest BCUT2D eigenvalue weighted by Gasteiger charge is -2.39. The van der Waals surface area contributed by atoms with Gasteiger partial charge in [0.15, 0.2) is 0 Å². The zero-order valence-corrected chi connectivity index (χ0v) is 30.6. The van der Waals surface area contributed by atoms with Gasteiger partial charge in [0.2, 0.25) is 5.91 Å². The topological polar surface area (TPSA) is 100.0 Å². The van der Waals surface area contributed by atoms with E-state index in [2.05, 4.69) is 70.3 Å². The van der Waals surface area contributed by atoms with Gasteiger partial charge >= 0.3 is 6.09 Å². The monoisotopic (exact) mass is 700 g/mol. The second kappa shape index (κ2) is 15.4. The van der Waals surface area contributed by atoms with Gasteiger partial charge in [-0.1, -0.05) is 35.4 Å². The van der Waals surface area contributed by atoms with Crippen LogP contribution in [0.2, 0.25) is 0 Å². The van der Waals surface area contributed by atoms with Crippen molar-refractivity contribution in [2.24, 2.45) is 17.8 Å². The van der Waals surface area contributed by atoms with Crippen molar-refractivity contribution in [3.63, 3.8) is 0 Å². The number of carbonyl (C=O) groups is 2. The van der Waals surface area contributed by atoms with Crippen LogP contribution >= 0.6 is 0 Å². The van der Waals surface area contributed by atoms with Crippen LogP contribution in [0.4, 0.5) is 10.5 Å². The third kappa shape index (κ3) is 8.17. The van der Waals surface area contributed by atoms with Crippen molar-refractivity contribution in [3.05, 3.63) is 66.0 Å². The molecular formula is C40H52N4O5S. The van der Waals surface area contributed by atoms with Gasteiger partial charge in [-0.15, -0.1) is 0 Å². The Hall–Kier alpha value is -3.50. The van der Waals surface area contributed by atoms with E-state index in [9.17, 15) is 14.1 Å². The maximum atomic E-state index is 14.5. The number of aryl methyl sites for hydroxylation is 1. The molecule has 9 nitrogen and oxygen atoms in total. The number of amides is 2. The summed E-state index contributed by atoms with van der Waals surface area (Å²) in [5.41, 5.74) is 5.68. The molecule has 1 atom stereocenters. The minimum Gasteiger partial charge on any atom is -0.617 e. The highest BCUT2D eigenvalue weighted by molar-refractivity contribution is 7.90. The van der Waals surface area contributed by atoms with Crippen molar-refractivity contribution in [2.75, 3.05) is 43.7 Å². The Kier molecular flexibility index (Phi) is 10.8. The van der Waals surface area contributed by atoms with E-state index in [-0.39, 0.29) is 24.0 Å². The molecule has 10 heteroatoms. The van der Waals surface area contributed by atoms with Crippen molar-refractivity contribution in [1.82, 2.24) is 14.7 Å². The first-order chi connectivity index (χ1) is 24.2. The van der Waals surface area contributed by atoms with Crippen LogP contribution in [0.15, 0.2) is 54.9 Å². The van der Waals surface area contributed by atoms with Crippen molar-refractivity contribution in [1.29, 1.82) is 0 Å². The highest BCUT2D eigenvalue weighted by Gasteiger charge is 2.37. The van der Waals surface area contributed by atoms with E-state index < -0.39 is 11.2 Å². The average Bonchev–Trinajstić information content (AvgIpc) is 3.84. The number of benzene rings is 2. The summed E-state index contributed by atoms with van der Waals surface area (Å²) < 4.78 is 25.0. The Bertz CT molecular complexity index is 1630. The van der Waals surface area contributed by atoms with Crippen LogP contribution in [0.5, 0.6) is 5.75 Å². The third-order valence-corrected chi connectivity index (χ3v) is 12.4. The molecule has 7 rings (SSSR count). The number of nitrogens with zero attached hydrogens (tertiary/aromatic N) is 4. The molecule has 3 aromatic rings. The lowest BCUT2D eigenvalue weighted by molar-refractivity contribution is -0.124. The normalized spacial score (nSPS) is 24.7. The minimum absolute atomic E-state index is 0.0993. The molecule has 2 heterocycles. The predicted molar refractivity (Wildman–Crippen MR) is 197 cm³/mol. The van der Waals surface area contributed by atoms with Gasteiger partial charge in [-0.3, -0.25) is 9.48 Å². The summed E-state index contributed by atoms with van der Waals surface area (Å²) in [4.78, 5) is 31.0. The standard InChI is InChI=1S/C40H52N4O5S/c1-27-19-33(13-18-38(27)48-2)30-9-7-28(8-10-30)24-43(36-6-4-5-32(20-36)34-21-41-44(25-34)35-14-15-35)39(45)31-11-16-37(17-12-31)49-40(46)42-22-29(23-42)26-50(3)47/h4-6,13,18-21,25,28-31,35,37H,7-12,14-17,22-24,26H2,1-3H3/t28-,30-,31-,37-,50?. The van der Waals surface area contributed by atoms with E-state index in [1.54, 1.807) is 18.3 Å². The van der Waals surface area contributed by atoms with Gasteiger partial charge in [-0.2, -0.15) is 5.10 Å². The lowest BCUT2D eigenvalue weighted by Crippen LogP contribution is -2.53. The number of hydrogen-bond acceptors (Lipinski definition) is 6. The molecule has 4 fully saturated rings. The van der Waals surface area contributed by atoms with Gasteiger partial charge < -0.3 is 23.8 Å². The Labute approximate surface area is 299 Å². The Morgan fingerprint density at radius 2 is 1.70 bits per heavy atom. The number of anilines is 1. The Balaban J connectivity index is 1.01. The van der Waals surface area contributed by atoms with Crippen molar-refractivity contribution in [3.8, 4) is 16.9 Å². The summed E-state index contributed by atoms with van der Waals surface area (Å²) in [5.74, 6) is 2.90. The van der Waals surface area contributed by atoms with Crippen molar-refractivity contribution < 1.29 is 23.6 Å². The summed E-state index contributed by atoms with van der Waals surface area (Å²) in [5, 5.41) is 4.62. The molecule has 1 aromatic heterocycles. The number of carbonyl (C=O) groups excluding carboxylic acids is 2. The highest BCUT2D eigenvalue weighted by Crippen LogP contribution is 2.40. The molecule has 4 aliphatic rings. The van der Waals surface area contributed by atoms with Gasteiger partial charge in [0.05, 0.1) is 25.6 Å². The maximum absolute atomic E-state index is 14.5. The molecule has 268 valence electrons. The number of likely N-dealkylation sites (tertiary alicyclic amines) is 1. The average molecular weight is 701 g/mol. The Morgan fingerprint density at radius 3 is 2.38 bits per heavy atom. The molecule has 3 saturated carbocycles. The Morgan fingerprint density at radius 1 is 0.940 bits per heavy atom. The van der Waals surface area contributed by atoms with E-state index in [1.807, 2.05) is 6.20 Å². The number of hydrogen-bond donors (Lipinski definition) is 0. The van der Waals surface area contributed by atoms with E-state index in [1.165, 1.54) is 24.0 Å². The van der Waals surface area contributed by atoms with E-state index in [4.69, 9.17) is 9.47 Å². The van der Waals surface area contributed by atoms with Crippen LogP contribution in [0, 0.1) is 24.7 Å². The second-order valence-electron chi connectivity index (χ2n) is 15.3. The smallest absolute Gasteiger partial charge is 0.410 e. The van der Waals surface area contributed by atoms with Crippen LogP contribution in [0.1, 0.15) is 87.3 Å². The molecule has 0 N–H and O–H groups in total. The number of aromatic nitrogens is 2. The van der Waals surface area contributed by atoms with Crippen molar-refractivity contribution >= 4 is 28.9 Å². The number of rotatable bonds is 11. The quantitative estimate of drug-likeness (QED) is 0.192. The highest BCUT2D eigenvalue weighted by atomic mass is 32.2. The van der Waals surface area contributed by atoms with Crippen LogP contribution in [-0.4, -0.2) is 76.1 Å². The minimum atomic E-state index is -0.852. The molecule has 0 radical (unpaired) electrons. The van der Waals surface area contributed by atoms with Gasteiger partial charge in [0.1, 0.15) is 17.6 Å². The molecular weight excluding hydrogens is 649 g/mol. The van der Waals surface area contributed by atoms with Gasteiger partial charge in [-0.05, 0) is 118 Å². The predicted octanol–water partition coefficient (Wildman–Crippen LogP) is 7.51. The molecule has 1 saturated heterocycles. The molecule has 3 aliphatic carbocycles. The van der Waals surface area contributed by atoms with Crippen LogP contribution in [-0.2, 0) is 20.7 Å². The fraction of sp³-hybridized carbons (Fsp3) is 0.575. The summed E-state index contributed by atoms with van der Waals surface area (Å²) >= 11 is -0.852. The van der Waals surface area contributed by atoms with Crippen LogP contribution < -0.4 is 9.64 Å². The van der Waals surface area contributed by atoms with Crippen LogP contribution in [0.25, 0.3) is 11.1 Å². The summed E-state index contributed by atoms with van der Waals surface area (Å²) in [6, 6.07) is 15.5. The molecule has 50 heavy (non-hydrogen) atoms. The summed E-state index contributed by atoms with van der Waals surface area (Å²) in [6.07, 6.45) is 14.9. The van der Waals surface area contributed by atoms with E-state index in [0.29, 0.717) is 74.9 Å². The molecule has 0 spiro atoms.